The van der Waals surface area contributed by atoms with Gasteiger partial charge in [0.1, 0.15) is 17.8 Å². The van der Waals surface area contributed by atoms with Crippen LogP contribution in [-0.2, 0) is 25.6 Å². The molecule has 2 aliphatic carbocycles. The number of ether oxygens (including phenoxy) is 1. The summed E-state index contributed by atoms with van der Waals surface area (Å²) in [7, 11) is -2.32. The van der Waals surface area contributed by atoms with Gasteiger partial charge in [-0.2, -0.15) is 8.42 Å². The van der Waals surface area contributed by atoms with Crippen LogP contribution >= 0.6 is 0 Å². The summed E-state index contributed by atoms with van der Waals surface area (Å²) in [6.45, 7) is -0.142. The Morgan fingerprint density at radius 1 is 1.24 bits per heavy atom. The van der Waals surface area contributed by atoms with Crippen molar-refractivity contribution < 1.29 is 22.4 Å². The van der Waals surface area contributed by atoms with Crippen molar-refractivity contribution in [1.82, 2.24) is 14.5 Å². The molecule has 2 aromatic heterocycles. The van der Waals surface area contributed by atoms with E-state index < -0.39 is 16.4 Å². The monoisotopic (exact) mass is 473 g/mol. The Hall–Kier alpha value is -2.57. The number of aliphatic hydroxyl groups excluding tert-OH is 1. The van der Waals surface area contributed by atoms with Gasteiger partial charge in [0.25, 0.3) is 0 Å². The van der Waals surface area contributed by atoms with E-state index in [1.54, 1.807) is 7.11 Å². The Labute approximate surface area is 192 Å². The molecular formula is C22H27N5O5S. The lowest BCUT2D eigenvalue weighted by molar-refractivity contribution is 0.0959. The van der Waals surface area contributed by atoms with Crippen LogP contribution < -0.4 is 10.5 Å². The number of benzene rings is 1. The minimum atomic E-state index is -4.04. The van der Waals surface area contributed by atoms with Gasteiger partial charge in [0.15, 0.2) is 0 Å². The SMILES string of the molecule is CO[C@@H]1Cc2ccccc2[C@H]1Nc1ncnc2c1ccn2[C@@H]1C[C@@H](COS(N)(=O)=O)[C@@H](O)C1. The van der Waals surface area contributed by atoms with Gasteiger partial charge in [-0.1, -0.05) is 24.3 Å². The molecule has 10 nitrogen and oxygen atoms in total. The number of methoxy groups -OCH3 is 1. The van der Waals surface area contributed by atoms with E-state index in [9.17, 15) is 13.5 Å². The fraction of sp³-hybridized carbons (Fsp3) is 0.455. The Kier molecular flexibility index (Phi) is 5.83. The van der Waals surface area contributed by atoms with E-state index in [0.717, 1.165) is 23.3 Å². The average molecular weight is 474 g/mol. The third kappa shape index (κ3) is 4.34. The van der Waals surface area contributed by atoms with Gasteiger partial charge in [-0.15, -0.1) is 0 Å². The molecule has 1 saturated carbocycles. The van der Waals surface area contributed by atoms with E-state index in [-0.39, 0.29) is 30.7 Å². The minimum Gasteiger partial charge on any atom is -0.393 e. The van der Waals surface area contributed by atoms with Crippen LogP contribution in [0, 0.1) is 5.92 Å². The summed E-state index contributed by atoms with van der Waals surface area (Å²) in [5.74, 6) is 0.387. The van der Waals surface area contributed by atoms with Gasteiger partial charge in [-0.3, -0.25) is 4.18 Å². The zero-order valence-corrected chi connectivity index (χ0v) is 19.0. The van der Waals surface area contributed by atoms with Crippen molar-refractivity contribution in [2.24, 2.45) is 11.1 Å². The lowest BCUT2D eigenvalue weighted by atomic mass is 10.1. The molecule has 0 bridgehead atoms. The Morgan fingerprint density at radius 3 is 2.85 bits per heavy atom. The van der Waals surface area contributed by atoms with Crippen LogP contribution in [-0.4, -0.2) is 54.0 Å². The molecule has 0 spiro atoms. The van der Waals surface area contributed by atoms with E-state index in [0.29, 0.717) is 12.8 Å². The van der Waals surface area contributed by atoms with Crippen LogP contribution in [0.1, 0.15) is 36.1 Å². The van der Waals surface area contributed by atoms with Gasteiger partial charge in [-0.05, 0) is 30.0 Å². The van der Waals surface area contributed by atoms with Crippen LogP contribution in [0.4, 0.5) is 5.82 Å². The zero-order valence-electron chi connectivity index (χ0n) is 18.2. The Morgan fingerprint density at radius 2 is 2.06 bits per heavy atom. The molecule has 0 unspecified atom stereocenters. The van der Waals surface area contributed by atoms with E-state index in [2.05, 4.69) is 27.4 Å². The number of anilines is 1. The fourth-order valence-electron chi connectivity index (χ4n) is 5.14. The largest absolute Gasteiger partial charge is 0.393 e. The van der Waals surface area contributed by atoms with Crippen LogP contribution in [0.5, 0.6) is 0 Å². The van der Waals surface area contributed by atoms with E-state index in [4.69, 9.17) is 14.1 Å². The first kappa shape index (κ1) is 22.2. The molecule has 5 atom stereocenters. The second kappa shape index (κ2) is 8.65. The Bertz CT molecular complexity index is 1260. The summed E-state index contributed by atoms with van der Waals surface area (Å²) in [5, 5.41) is 19.8. The number of fused-ring (bicyclic) bond motifs is 2. The number of aromatic nitrogens is 3. The normalized spacial score (nSPS) is 27.2. The molecule has 176 valence electrons. The molecule has 4 N–H and O–H groups in total. The summed E-state index contributed by atoms with van der Waals surface area (Å²) >= 11 is 0. The van der Waals surface area contributed by atoms with Crippen LogP contribution in [0.25, 0.3) is 11.0 Å². The maximum atomic E-state index is 11.1. The second-order valence-electron chi connectivity index (χ2n) is 8.71. The lowest BCUT2D eigenvalue weighted by Crippen LogP contribution is -2.24. The van der Waals surface area contributed by atoms with Gasteiger partial charge in [0.05, 0.1) is 30.2 Å². The van der Waals surface area contributed by atoms with Crippen molar-refractivity contribution >= 4 is 27.2 Å². The first-order valence-corrected chi connectivity index (χ1v) is 12.3. The molecule has 0 radical (unpaired) electrons. The molecule has 0 aliphatic heterocycles. The number of hydrogen-bond acceptors (Lipinski definition) is 8. The molecule has 33 heavy (non-hydrogen) atoms. The predicted octanol–water partition coefficient (Wildman–Crippen LogP) is 1.69. The standard InChI is InChI=1S/C22H27N5O5S/c1-31-19-9-13-4-2-3-5-16(13)20(19)26-21-17-6-7-27(22(17)25-12-24-21)15-8-14(18(28)10-15)11-32-33(23,29)30/h2-7,12,14-15,18-20,28H,8-11H2,1H3,(H2,23,29,30)(H,24,25,26)/t14-,15+,18-,19+,20+/m0/s1. The van der Waals surface area contributed by atoms with E-state index in [1.165, 1.54) is 17.5 Å². The quantitative estimate of drug-likeness (QED) is 0.471. The fourth-order valence-corrected chi connectivity index (χ4v) is 5.50. The molecule has 0 amide bonds. The summed E-state index contributed by atoms with van der Waals surface area (Å²) in [6, 6.07) is 10.2. The van der Waals surface area contributed by atoms with Crippen molar-refractivity contribution in [3.8, 4) is 0 Å². The molecule has 11 heteroatoms. The van der Waals surface area contributed by atoms with Crippen molar-refractivity contribution in [2.45, 2.75) is 43.6 Å². The third-order valence-corrected chi connectivity index (χ3v) is 7.22. The highest BCUT2D eigenvalue weighted by atomic mass is 32.2. The van der Waals surface area contributed by atoms with Crippen LogP contribution in [0.15, 0.2) is 42.9 Å². The first-order chi connectivity index (χ1) is 15.8. The van der Waals surface area contributed by atoms with E-state index in [1.807, 2.05) is 29.0 Å². The van der Waals surface area contributed by atoms with Crippen LogP contribution in [0.3, 0.4) is 0 Å². The molecule has 2 aliphatic rings. The van der Waals surface area contributed by atoms with Crippen LogP contribution in [0.2, 0.25) is 0 Å². The minimum absolute atomic E-state index is 0.000868. The van der Waals surface area contributed by atoms with E-state index >= 15 is 0 Å². The van der Waals surface area contributed by atoms with Crippen molar-refractivity contribution in [1.29, 1.82) is 0 Å². The molecule has 2 heterocycles. The maximum absolute atomic E-state index is 11.1. The van der Waals surface area contributed by atoms with Gasteiger partial charge < -0.3 is 19.7 Å². The highest BCUT2D eigenvalue weighted by molar-refractivity contribution is 7.84. The molecule has 5 rings (SSSR count). The third-order valence-electron chi connectivity index (χ3n) is 6.76. The van der Waals surface area contributed by atoms with Gasteiger partial charge in [-0.25, -0.2) is 15.1 Å². The first-order valence-electron chi connectivity index (χ1n) is 10.9. The second-order valence-corrected chi connectivity index (χ2v) is 9.93. The highest BCUT2D eigenvalue weighted by Gasteiger charge is 2.36. The summed E-state index contributed by atoms with van der Waals surface area (Å²) in [5.41, 5.74) is 3.21. The van der Waals surface area contributed by atoms with Gasteiger partial charge in [0.2, 0.25) is 0 Å². The smallest absolute Gasteiger partial charge is 0.333 e. The van der Waals surface area contributed by atoms with Crippen molar-refractivity contribution in [2.75, 3.05) is 19.0 Å². The highest BCUT2D eigenvalue weighted by Crippen LogP contribution is 2.39. The molecule has 0 saturated heterocycles. The zero-order chi connectivity index (χ0) is 23.2. The number of nitrogens with zero attached hydrogens (tertiary/aromatic N) is 3. The number of nitrogens with one attached hydrogen (secondary N) is 1. The lowest BCUT2D eigenvalue weighted by Gasteiger charge is -2.22. The molecular weight excluding hydrogens is 446 g/mol. The summed E-state index contributed by atoms with van der Waals surface area (Å²) in [4.78, 5) is 8.99. The van der Waals surface area contributed by atoms with Crippen molar-refractivity contribution in [3.05, 3.63) is 54.0 Å². The van der Waals surface area contributed by atoms with Gasteiger partial charge in [0, 0.05) is 31.7 Å². The average Bonchev–Trinajstić information content (AvgIpc) is 3.47. The number of hydrogen-bond donors (Lipinski definition) is 3. The molecule has 1 aromatic carbocycles. The topological polar surface area (TPSA) is 142 Å². The maximum Gasteiger partial charge on any atom is 0.333 e. The summed E-state index contributed by atoms with van der Waals surface area (Å²) < 4.78 is 34.7. The molecule has 3 aromatic rings. The van der Waals surface area contributed by atoms with Gasteiger partial charge >= 0.3 is 10.3 Å². The number of nitrogens with two attached hydrogens (primary N) is 1. The number of aliphatic hydroxyl groups is 1. The Balaban J connectivity index is 1.39. The number of rotatable bonds is 7. The van der Waals surface area contributed by atoms with Crippen molar-refractivity contribution in [3.63, 3.8) is 0 Å². The predicted molar refractivity (Wildman–Crippen MR) is 122 cm³/mol. The molecule has 1 fully saturated rings. The summed E-state index contributed by atoms with van der Waals surface area (Å²) in [6.07, 6.45) is 4.62.